The summed E-state index contributed by atoms with van der Waals surface area (Å²) in [6, 6.07) is 17.7. The van der Waals surface area contributed by atoms with Crippen LogP contribution in [0, 0.1) is 27.7 Å². The van der Waals surface area contributed by atoms with Gasteiger partial charge in [0.1, 0.15) is 23.0 Å². The third kappa shape index (κ3) is 9.69. The minimum Gasteiger partial charge on any atom is -0.508 e. The Morgan fingerprint density at radius 1 is 0.344 bits per heavy atom. The Labute approximate surface area is 368 Å². The van der Waals surface area contributed by atoms with Gasteiger partial charge in [-0.1, -0.05) is 108 Å². The van der Waals surface area contributed by atoms with E-state index in [1.807, 2.05) is 24.3 Å². The number of rotatable bonds is 12. The number of phenols is 4. The van der Waals surface area contributed by atoms with Crippen LogP contribution in [0.4, 0.5) is 0 Å². The molecule has 0 heterocycles. The first-order valence-electron chi connectivity index (χ1n) is 24.9. The van der Waals surface area contributed by atoms with E-state index in [-0.39, 0.29) is 11.8 Å². The fourth-order valence-electron chi connectivity index (χ4n) is 12.9. The summed E-state index contributed by atoms with van der Waals surface area (Å²) in [6.45, 7) is 8.75. The molecule has 0 bridgehead atoms. The van der Waals surface area contributed by atoms with Crippen LogP contribution in [0.15, 0.2) is 48.5 Å². The number of benzene rings is 4. The van der Waals surface area contributed by atoms with Gasteiger partial charge in [-0.2, -0.15) is 0 Å². The molecule has 0 radical (unpaired) electrons. The summed E-state index contributed by atoms with van der Waals surface area (Å²) in [5, 5.41) is 45.9. The van der Waals surface area contributed by atoms with Crippen molar-refractivity contribution in [1.29, 1.82) is 0 Å². The van der Waals surface area contributed by atoms with Gasteiger partial charge >= 0.3 is 0 Å². The molecule has 0 amide bonds. The van der Waals surface area contributed by atoms with E-state index in [0.717, 1.165) is 115 Å². The van der Waals surface area contributed by atoms with Crippen LogP contribution in [0.1, 0.15) is 250 Å². The molecular weight excluding hydrogens is 749 g/mol. The van der Waals surface area contributed by atoms with E-state index >= 15 is 0 Å². The second kappa shape index (κ2) is 19.6. The smallest absolute Gasteiger partial charge is 0.119 e. The van der Waals surface area contributed by atoms with E-state index in [2.05, 4.69) is 52.0 Å². The van der Waals surface area contributed by atoms with Crippen molar-refractivity contribution >= 4 is 0 Å². The lowest BCUT2D eigenvalue weighted by atomic mass is 9.74. The molecule has 4 aromatic rings. The average molecular weight is 825 g/mol. The third-order valence-corrected chi connectivity index (χ3v) is 16.3. The highest BCUT2D eigenvalue weighted by molar-refractivity contribution is 5.54. The van der Waals surface area contributed by atoms with Gasteiger partial charge in [0.2, 0.25) is 0 Å². The molecule has 4 aromatic carbocycles. The summed E-state index contributed by atoms with van der Waals surface area (Å²) in [6.07, 6.45) is 26.8. The second-order valence-corrected chi connectivity index (χ2v) is 20.4. The molecule has 4 aliphatic carbocycles. The maximum absolute atomic E-state index is 11.5. The molecule has 0 aliphatic heterocycles. The zero-order valence-corrected chi connectivity index (χ0v) is 38.1. The van der Waals surface area contributed by atoms with E-state index in [1.54, 1.807) is 0 Å². The molecule has 0 unspecified atom stereocenters. The van der Waals surface area contributed by atoms with Crippen molar-refractivity contribution in [2.24, 2.45) is 0 Å². The van der Waals surface area contributed by atoms with E-state index < -0.39 is 0 Å². The predicted molar refractivity (Wildman–Crippen MR) is 252 cm³/mol. The largest absolute Gasteiger partial charge is 0.508 e. The zero-order chi connectivity index (χ0) is 42.6. The number of hydrogen-bond acceptors (Lipinski definition) is 4. The molecule has 4 aliphatic rings. The highest BCUT2D eigenvalue weighted by Crippen LogP contribution is 2.48. The van der Waals surface area contributed by atoms with Crippen LogP contribution in [-0.4, -0.2) is 20.4 Å². The van der Waals surface area contributed by atoms with Gasteiger partial charge in [-0.3, -0.25) is 0 Å². The topological polar surface area (TPSA) is 80.9 Å². The lowest BCUT2D eigenvalue weighted by molar-refractivity contribution is 0.412. The Kier molecular flexibility index (Phi) is 14.1. The van der Waals surface area contributed by atoms with Crippen molar-refractivity contribution < 1.29 is 20.4 Å². The summed E-state index contributed by atoms with van der Waals surface area (Å²) in [5.41, 5.74) is 14.3. The number of phenolic OH excluding ortho intramolecular Hbond substituents is 4. The quantitative estimate of drug-likeness (QED) is 0.115. The van der Waals surface area contributed by atoms with Gasteiger partial charge in [0, 0.05) is 11.8 Å². The highest BCUT2D eigenvalue weighted by Gasteiger charge is 2.30. The van der Waals surface area contributed by atoms with E-state index in [0.29, 0.717) is 46.7 Å². The SMILES string of the molecule is Cc1cc(O)c(C2CCCCC2)cc1C(CCCC(c1cc(C2CCCCC2)c(O)cc1C)c1cc(C2CCCCC2)c(O)cc1C)c1cc(C2CCCCC2)c(O)cc1C. The first-order chi connectivity index (χ1) is 29.6. The first-order valence-corrected chi connectivity index (χ1v) is 24.9. The molecule has 4 heteroatoms. The summed E-state index contributed by atoms with van der Waals surface area (Å²) in [7, 11) is 0. The first kappa shape index (κ1) is 43.7. The van der Waals surface area contributed by atoms with Crippen molar-refractivity contribution in [3.05, 3.63) is 115 Å². The minimum atomic E-state index is 0.115. The van der Waals surface area contributed by atoms with Crippen molar-refractivity contribution in [2.45, 2.75) is 211 Å². The molecule has 61 heavy (non-hydrogen) atoms. The highest BCUT2D eigenvalue weighted by atomic mass is 16.3. The third-order valence-electron chi connectivity index (χ3n) is 16.3. The number of aromatic hydroxyl groups is 4. The summed E-state index contributed by atoms with van der Waals surface area (Å²) in [4.78, 5) is 0. The fraction of sp³-hybridized carbons (Fsp3) is 0.579. The van der Waals surface area contributed by atoms with Gasteiger partial charge in [-0.05, 0) is 207 Å². The fourth-order valence-corrected chi connectivity index (χ4v) is 12.9. The maximum atomic E-state index is 11.5. The van der Waals surface area contributed by atoms with Crippen LogP contribution in [0.2, 0.25) is 0 Å². The molecule has 4 saturated carbocycles. The van der Waals surface area contributed by atoms with Gasteiger partial charge in [-0.15, -0.1) is 0 Å². The molecule has 328 valence electrons. The average Bonchev–Trinajstić information content (AvgIpc) is 3.26. The molecule has 4 N–H and O–H groups in total. The van der Waals surface area contributed by atoms with Gasteiger partial charge in [0.15, 0.2) is 0 Å². The van der Waals surface area contributed by atoms with Crippen molar-refractivity contribution in [3.63, 3.8) is 0 Å². The molecule has 0 spiro atoms. The van der Waals surface area contributed by atoms with Crippen LogP contribution < -0.4 is 0 Å². The molecular formula is C57H76O4. The standard InChI is InChI=1S/C57H76O4/c1-36-28-54(58)50(40-18-9-5-10-19-40)32-46(36)44(47-33-51(55(59)29-37(47)2)41-20-11-6-12-21-41)26-17-27-45(48-34-52(56(60)30-38(48)3)42-22-13-7-14-23-42)49-35-53(57(61)31-39(49)4)43-24-15-8-16-25-43/h28-35,40-45,58-61H,5-27H2,1-4H3. The Morgan fingerprint density at radius 2 is 0.557 bits per heavy atom. The van der Waals surface area contributed by atoms with Crippen LogP contribution in [-0.2, 0) is 0 Å². The lowest BCUT2D eigenvalue weighted by Gasteiger charge is -2.30. The van der Waals surface area contributed by atoms with E-state index in [4.69, 9.17) is 0 Å². The molecule has 8 rings (SSSR count). The summed E-state index contributed by atoms with van der Waals surface area (Å²) in [5.74, 6) is 3.60. The van der Waals surface area contributed by atoms with Gasteiger partial charge < -0.3 is 20.4 Å². The Morgan fingerprint density at radius 3 is 0.770 bits per heavy atom. The van der Waals surface area contributed by atoms with Gasteiger partial charge in [0.25, 0.3) is 0 Å². The molecule has 0 atom stereocenters. The Bertz CT molecular complexity index is 1820. The van der Waals surface area contributed by atoms with Gasteiger partial charge in [-0.25, -0.2) is 0 Å². The molecule has 4 nitrogen and oxygen atoms in total. The van der Waals surface area contributed by atoms with Crippen molar-refractivity contribution in [1.82, 2.24) is 0 Å². The lowest BCUT2D eigenvalue weighted by Crippen LogP contribution is -2.13. The number of aryl methyl sites for hydroxylation is 4. The number of hydrogen-bond donors (Lipinski definition) is 4. The molecule has 0 aromatic heterocycles. The van der Waals surface area contributed by atoms with Crippen LogP contribution in [0.5, 0.6) is 23.0 Å². The van der Waals surface area contributed by atoms with E-state index in [9.17, 15) is 20.4 Å². The van der Waals surface area contributed by atoms with Gasteiger partial charge in [0.05, 0.1) is 0 Å². The van der Waals surface area contributed by atoms with Crippen LogP contribution in [0.3, 0.4) is 0 Å². The monoisotopic (exact) mass is 825 g/mol. The Balaban J connectivity index is 1.21. The maximum Gasteiger partial charge on any atom is 0.119 e. The molecule has 0 saturated heterocycles. The Hall–Kier alpha value is -3.92. The summed E-state index contributed by atoms with van der Waals surface area (Å²) < 4.78 is 0. The van der Waals surface area contributed by atoms with Crippen LogP contribution in [0.25, 0.3) is 0 Å². The van der Waals surface area contributed by atoms with E-state index in [1.165, 1.54) is 99.3 Å². The van der Waals surface area contributed by atoms with Crippen LogP contribution >= 0.6 is 0 Å². The second-order valence-electron chi connectivity index (χ2n) is 20.4. The van der Waals surface area contributed by atoms with Crippen molar-refractivity contribution in [3.8, 4) is 23.0 Å². The van der Waals surface area contributed by atoms with Crippen molar-refractivity contribution in [2.75, 3.05) is 0 Å². The zero-order valence-electron chi connectivity index (χ0n) is 38.1. The predicted octanol–water partition coefficient (Wildman–Crippen LogP) is 16.1. The molecule has 4 fully saturated rings. The summed E-state index contributed by atoms with van der Waals surface area (Å²) >= 11 is 0. The normalized spacial score (nSPS) is 19.0. The minimum absolute atomic E-state index is 0.115.